The van der Waals surface area contributed by atoms with Crippen molar-refractivity contribution in [1.82, 2.24) is 9.97 Å². The van der Waals surface area contributed by atoms with Crippen molar-refractivity contribution in [2.24, 2.45) is 0 Å². The van der Waals surface area contributed by atoms with Crippen LogP contribution in [0.15, 0.2) is 30.3 Å². The molecule has 3 heterocycles. The van der Waals surface area contributed by atoms with Crippen molar-refractivity contribution >= 4 is 28.3 Å². The van der Waals surface area contributed by atoms with E-state index in [-0.39, 0.29) is 11.5 Å². The van der Waals surface area contributed by atoms with E-state index >= 15 is 4.39 Å². The van der Waals surface area contributed by atoms with Crippen LogP contribution in [0.25, 0.3) is 10.9 Å². The molecule has 0 aliphatic carbocycles. The number of rotatable bonds is 5. The molecule has 10 heteroatoms. The van der Waals surface area contributed by atoms with Gasteiger partial charge in [0.2, 0.25) is 5.91 Å². The van der Waals surface area contributed by atoms with Crippen LogP contribution >= 0.6 is 0 Å². The van der Waals surface area contributed by atoms with Crippen LogP contribution in [0, 0.1) is 12.7 Å². The maximum absolute atomic E-state index is 15.4. The fraction of sp³-hybridized carbons (Fsp3) is 0.444. The lowest BCUT2D eigenvalue weighted by atomic mass is 9.81. The van der Waals surface area contributed by atoms with Gasteiger partial charge in [0.05, 0.1) is 23.7 Å². The van der Waals surface area contributed by atoms with Gasteiger partial charge in [0.15, 0.2) is 0 Å². The fourth-order valence-electron chi connectivity index (χ4n) is 5.28. The third-order valence-electron chi connectivity index (χ3n) is 7.49. The lowest BCUT2D eigenvalue weighted by Crippen LogP contribution is -2.41. The van der Waals surface area contributed by atoms with Gasteiger partial charge in [-0.3, -0.25) is 4.79 Å². The van der Waals surface area contributed by atoms with Gasteiger partial charge in [0.1, 0.15) is 28.5 Å². The maximum atomic E-state index is 15.4. The number of aromatic nitrogens is 2. The second-order valence-corrected chi connectivity index (χ2v) is 10.5. The van der Waals surface area contributed by atoms with Crippen molar-refractivity contribution in [2.45, 2.75) is 57.1 Å². The highest BCUT2D eigenvalue weighted by molar-refractivity contribution is 6.11. The molecule has 7 nitrogen and oxygen atoms in total. The van der Waals surface area contributed by atoms with E-state index in [0.717, 1.165) is 31.2 Å². The first-order valence-corrected chi connectivity index (χ1v) is 12.1. The summed E-state index contributed by atoms with van der Waals surface area (Å²) in [5.74, 6) is -4.09. The van der Waals surface area contributed by atoms with Crippen molar-refractivity contribution < 1.29 is 27.8 Å². The zero-order valence-corrected chi connectivity index (χ0v) is 21.3. The summed E-state index contributed by atoms with van der Waals surface area (Å²) in [6, 6.07) is 6.70. The average molecular weight is 515 g/mol. The molecule has 1 fully saturated rings. The summed E-state index contributed by atoms with van der Waals surface area (Å²) in [5, 5.41) is 13.7. The number of benzene rings is 2. The molecular weight excluding hydrogens is 485 g/mol. The Hall–Kier alpha value is -3.24. The summed E-state index contributed by atoms with van der Waals surface area (Å²) >= 11 is 0. The monoisotopic (exact) mass is 514 g/mol. The third-order valence-corrected chi connectivity index (χ3v) is 7.49. The number of anilines is 2. The quantitative estimate of drug-likeness (QED) is 0.511. The number of hydrogen-bond acceptors (Lipinski definition) is 6. The Labute approximate surface area is 212 Å². The number of aliphatic hydroxyl groups is 1. The van der Waals surface area contributed by atoms with E-state index in [2.05, 4.69) is 15.3 Å². The van der Waals surface area contributed by atoms with Crippen molar-refractivity contribution in [2.75, 3.05) is 30.5 Å². The molecule has 5 rings (SSSR count). The Kier molecular flexibility index (Phi) is 5.76. The Morgan fingerprint density at radius 1 is 1.24 bits per heavy atom. The summed E-state index contributed by atoms with van der Waals surface area (Å²) in [5.41, 5.74) is -1.86. The van der Waals surface area contributed by atoms with Crippen LogP contribution in [0.1, 0.15) is 55.7 Å². The molecule has 2 N–H and O–H groups in total. The van der Waals surface area contributed by atoms with Crippen LogP contribution in [-0.2, 0) is 20.9 Å². The Balaban J connectivity index is 1.57. The molecule has 1 aromatic heterocycles. The fourth-order valence-corrected chi connectivity index (χ4v) is 5.28. The Morgan fingerprint density at radius 3 is 2.62 bits per heavy atom. The molecule has 2 aromatic carbocycles. The number of fused-ring (bicyclic) bond motifs is 3. The zero-order valence-electron chi connectivity index (χ0n) is 21.3. The minimum Gasteiger partial charge on any atom is -0.384 e. The van der Waals surface area contributed by atoms with Crippen molar-refractivity contribution in [1.29, 1.82) is 0 Å². The lowest BCUT2D eigenvalue weighted by Gasteiger charge is -2.30. The number of nitrogens with one attached hydrogen (secondary N) is 1. The first-order chi connectivity index (χ1) is 17.3. The average Bonchev–Trinajstić information content (AvgIpc) is 3.38. The molecule has 2 aliphatic heterocycles. The van der Waals surface area contributed by atoms with Gasteiger partial charge in [-0.1, -0.05) is 12.1 Å². The summed E-state index contributed by atoms with van der Waals surface area (Å²) in [6.45, 7) is 6.06. The number of halogens is 3. The molecule has 0 bridgehead atoms. The van der Waals surface area contributed by atoms with Gasteiger partial charge in [-0.25, -0.2) is 14.4 Å². The third kappa shape index (κ3) is 3.76. The van der Waals surface area contributed by atoms with Gasteiger partial charge in [-0.15, -0.1) is 0 Å². The van der Waals surface area contributed by atoms with Crippen molar-refractivity contribution in [3.63, 3.8) is 0 Å². The zero-order chi connectivity index (χ0) is 26.9. The molecule has 0 radical (unpaired) electrons. The number of hydrogen-bond donors (Lipinski definition) is 2. The largest absolute Gasteiger partial charge is 0.384 e. The van der Waals surface area contributed by atoms with Gasteiger partial charge in [0.25, 0.3) is 0 Å². The second-order valence-electron chi connectivity index (χ2n) is 10.5. The first kappa shape index (κ1) is 25.4. The molecule has 37 heavy (non-hydrogen) atoms. The first-order valence-electron chi connectivity index (χ1n) is 12.1. The number of aryl methyl sites for hydroxylation is 1. The van der Waals surface area contributed by atoms with E-state index in [1.807, 2.05) is 12.1 Å². The number of ether oxygens (including phenoxy) is 1. The van der Waals surface area contributed by atoms with Gasteiger partial charge >= 0.3 is 5.92 Å². The van der Waals surface area contributed by atoms with Crippen molar-refractivity contribution in [3.8, 4) is 0 Å². The van der Waals surface area contributed by atoms with E-state index in [1.165, 1.54) is 12.1 Å². The number of alkyl halides is 2. The van der Waals surface area contributed by atoms with Gasteiger partial charge in [-0.2, -0.15) is 8.78 Å². The summed E-state index contributed by atoms with van der Waals surface area (Å²) in [4.78, 5) is 23.9. The SMILES string of the molecule is Cc1nc(N[C@H](C)c2cccc(C(F)(F)C(C)(C)O)c2F)c2cc3c(cc2n1)[C@]1(CCOC1)C(=O)N3C. The van der Waals surface area contributed by atoms with Crippen molar-refractivity contribution in [3.05, 3.63) is 58.7 Å². The van der Waals surface area contributed by atoms with Crippen LogP contribution in [0.3, 0.4) is 0 Å². The molecule has 0 unspecified atom stereocenters. The molecule has 3 aromatic rings. The minimum atomic E-state index is -3.80. The van der Waals surface area contributed by atoms with Gasteiger partial charge in [-0.05, 0) is 57.9 Å². The van der Waals surface area contributed by atoms with Crippen LogP contribution in [0.5, 0.6) is 0 Å². The maximum Gasteiger partial charge on any atom is 0.303 e. The highest BCUT2D eigenvalue weighted by Gasteiger charge is 2.52. The summed E-state index contributed by atoms with van der Waals surface area (Å²) in [7, 11) is 1.72. The van der Waals surface area contributed by atoms with Crippen LogP contribution < -0.4 is 10.2 Å². The standard InChI is InChI=1S/C27H29F3N4O3/c1-14(16-7-6-8-18(22(16)28)27(29,30)25(3,4)36)31-23-17-11-21-19(12-20(17)32-15(2)33-23)26(9-10-37-13-26)24(35)34(21)5/h6-8,11-12,14,36H,9-10,13H2,1-5H3,(H,31,32,33)/t14-,26-/m1/s1. The van der Waals surface area contributed by atoms with E-state index in [1.54, 1.807) is 25.8 Å². The molecule has 1 spiro atoms. The predicted molar refractivity (Wildman–Crippen MR) is 133 cm³/mol. The Bertz CT molecular complexity index is 1410. The highest BCUT2D eigenvalue weighted by atomic mass is 19.3. The number of carbonyl (C=O) groups is 1. The van der Waals surface area contributed by atoms with E-state index in [9.17, 15) is 18.7 Å². The summed E-state index contributed by atoms with van der Waals surface area (Å²) < 4.78 is 50.6. The normalized spacial score (nSPS) is 20.7. The Morgan fingerprint density at radius 2 is 1.97 bits per heavy atom. The predicted octanol–water partition coefficient (Wildman–Crippen LogP) is 4.75. The molecule has 2 aliphatic rings. The molecule has 1 amide bonds. The minimum absolute atomic E-state index is 0.00125. The molecule has 2 atom stereocenters. The molecule has 0 saturated carbocycles. The van der Waals surface area contributed by atoms with Crippen LogP contribution in [0.2, 0.25) is 0 Å². The molecular formula is C27H29F3N4O3. The van der Waals surface area contributed by atoms with Gasteiger partial charge < -0.3 is 20.1 Å². The summed E-state index contributed by atoms with van der Waals surface area (Å²) in [6.07, 6.45) is 0.589. The number of likely N-dealkylation sites (N-methyl/N-ethyl adjacent to an activating group) is 1. The second kappa shape index (κ2) is 8.39. The number of amides is 1. The van der Waals surface area contributed by atoms with E-state index in [4.69, 9.17) is 4.74 Å². The number of carbonyl (C=O) groups excluding carboxylic acids is 1. The smallest absolute Gasteiger partial charge is 0.303 e. The van der Waals surface area contributed by atoms with E-state index < -0.39 is 34.4 Å². The van der Waals surface area contributed by atoms with E-state index in [0.29, 0.717) is 42.2 Å². The lowest BCUT2D eigenvalue weighted by molar-refractivity contribution is -0.170. The highest BCUT2D eigenvalue weighted by Crippen LogP contribution is 2.48. The molecule has 1 saturated heterocycles. The van der Waals surface area contributed by atoms with Crippen LogP contribution in [-0.4, -0.2) is 46.8 Å². The molecule has 196 valence electrons. The van der Waals surface area contributed by atoms with Crippen LogP contribution in [0.4, 0.5) is 24.7 Å². The van der Waals surface area contributed by atoms with Gasteiger partial charge in [0, 0.05) is 30.3 Å². The topological polar surface area (TPSA) is 87.6 Å². The number of nitrogens with zero attached hydrogens (tertiary/aromatic N) is 3.